The van der Waals surface area contributed by atoms with Gasteiger partial charge in [0.15, 0.2) is 0 Å². The van der Waals surface area contributed by atoms with Gasteiger partial charge in [-0.3, -0.25) is 0 Å². The Kier molecular flexibility index (Phi) is 2.94. The summed E-state index contributed by atoms with van der Waals surface area (Å²) in [4.78, 5) is 0. The van der Waals surface area contributed by atoms with Gasteiger partial charge < -0.3 is 5.11 Å². The SMILES string of the molecule is CC1=CC[C@]2(CC1)[C@H](C)CC[C@H]2C(C)(C)O. The van der Waals surface area contributed by atoms with Crippen molar-refractivity contribution < 1.29 is 5.11 Å². The van der Waals surface area contributed by atoms with Crippen molar-refractivity contribution in [1.29, 1.82) is 0 Å². The van der Waals surface area contributed by atoms with Crippen molar-refractivity contribution in [2.24, 2.45) is 17.3 Å². The molecule has 0 aliphatic heterocycles. The molecule has 1 spiro atoms. The summed E-state index contributed by atoms with van der Waals surface area (Å²) in [6, 6.07) is 0. The minimum atomic E-state index is -0.510. The standard InChI is InChI=1S/C15H26O/c1-11-7-9-15(10-8-11)12(2)5-6-13(15)14(3,4)16/h7,12-13,16H,5-6,8-10H2,1-4H3/t12-,13+,15+/m1/s1. The van der Waals surface area contributed by atoms with E-state index in [2.05, 4.69) is 19.9 Å². The Labute approximate surface area is 99.9 Å². The fourth-order valence-corrected chi connectivity index (χ4v) is 4.15. The summed E-state index contributed by atoms with van der Waals surface area (Å²) in [7, 11) is 0. The molecule has 1 nitrogen and oxygen atoms in total. The topological polar surface area (TPSA) is 20.2 Å². The van der Waals surface area contributed by atoms with Gasteiger partial charge in [0.2, 0.25) is 0 Å². The monoisotopic (exact) mass is 222 g/mol. The van der Waals surface area contributed by atoms with Crippen LogP contribution in [0.15, 0.2) is 11.6 Å². The highest BCUT2D eigenvalue weighted by molar-refractivity contribution is 5.13. The summed E-state index contributed by atoms with van der Waals surface area (Å²) >= 11 is 0. The first-order valence-corrected chi connectivity index (χ1v) is 6.74. The summed E-state index contributed by atoms with van der Waals surface area (Å²) in [5, 5.41) is 10.4. The molecule has 1 saturated carbocycles. The second kappa shape index (κ2) is 3.87. The van der Waals surface area contributed by atoms with Gasteiger partial charge in [-0.15, -0.1) is 0 Å². The molecule has 1 N–H and O–H groups in total. The molecular weight excluding hydrogens is 196 g/mol. The summed E-state index contributed by atoms with van der Waals surface area (Å²) in [6.07, 6.45) is 8.62. The molecule has 0 aromatic rings. The molecule has 0 aromatic heterocycles. The minimum absolute atomic E-state index is 0.387. The highest BCUT2D eigenvalue weighted by Gasteiger charge is 2.52. The molecule has 0 radical (unpaired) electrons. The van der Waals surface area contributed by atoms with Crippen LogP contribution >= 0.6 is 0 Å². The van der Waals surface area contributed by atoms with Crippen molar-refractivity contribution >= 4 is 0 Å². The van der Waals surface area contributed by atoms with Gasteiger partial charge in [0.05, 0.1) is 5.60 Å². The lowest BCUT2D eigenvalue weighted by Gasteiger charge is -2.46. The Morgan fingerprint density at radius 1 is 1.38 bits per heavy atom. The first-order chi connectivity index (χ1) is 7.36. The van der Waals surface area contributed by atoms with E-state index >= 15 is 0 Å². The molecule has 2 rings (SSSR count). The quantitative estimate of drug-likeness (QED) is 0.667. The largest absolute Gasteiger partial charge is 0.390 e. The number of rotatable bonds is 1. The minimum Gasteiger partial charge on any atom is -0.390 e. The van der Waals surface area contributed by atoms with Crippen LogP contribution in [0.3, 0.4) is 0 Å². The van der Waals surface area contributed by atoms with Crippen molar-refractivity contribution in [2.45, 2.75) is 65.4 Å². The normalized spacial score (nSPS) is 40.2. The maximum Gasteiger partial charge on any atom is 0.0625 e. The first-order valence-electron chi connectivity index (χ1n) is 6.74. The molecule has 2 aliphatic carbocycles. The van der Waals surface area contributed by atoms with Crippen LogP contribution in [0.1, 0.15) is 59.8 Å². The van der Waals surface area contributed by atoms with Crippen LogP contribution in [0.5, 0.6) is 0 Å². The second-order valence-electron chi connectivity index (χ2n) is 6.67. The van der Waals surface area contributed by atoms with Gasteiger partial charge in [0.1, 0.15) is 0 Å². The summed E-state index contributed by atoms with van der Waals surface area (Å²) in [5.74, 6) is 1.26. The van der Waals surface area contributed by atoms with Gasteiger partial charge in [0, 0.05) is 0 Å². The van der Waals surface area contributed by atoms with Crippen LogP contribution in [0.2, 0.25) is 0 Å². The third-order valence-corrected chi connectivity index (χ3v) is 5.23. The molecule has 0 aromatic carbocycles. The lowest BCUT2D eigenvalue weighted by molar-refractivity contribution is -0.0507. The summed E-state index contributed by atoms with van der Waals surface area (Å²) < 4.78 is 0. The van der Waals surface area contributed by atoms with E-state index in [1.807, 2.05) is 13.8 Å². The molecule has 0 saturated heterocycles. The van der Waals surface area contributed by atoms with E-state index < -0.39 is 5.60 Å². The van der Waals surface area contributed by atoms with Crippen molar-refractivity contribution in [3.05, 3.63) is 11.6 Å². The van der Waals surface area contributed by atoms with Gasteiger partial charge in [0.25, 0.3) is 0 Å². The molecule has 92 valence electrons. The zero-order valence-electron chi connectivity index (χ0n) is 11.2. The third-order valence-electron chi connectivity index (χ3n) is 5.23. The molecule has 3 atom stereocenters. The lowest BCUT2D eigenvalue weighted by atomic mass is 9.60. The molecule has 16 heavy (non-hydrogen) atoms. The van der Waals surface area contributed by atoms with Crippen molar-refractivity contribution in [2.75, 3.05) is 0 Å². The summed E-state index contributed by atoms with van der Waals surface area (Å²) in [5.41, 5.74) is 1.42. The number of hydrogen-bond acceptors (Lipinski definition) is 1. The maximum absolute atomic E-state index is 10.4. The molecule has 0 bridgehead atoms. The smallest absolute Gasteiger partial charge is 0.0625 e. The van der Waals surface area contributed by atoms with Crippen molar-refractivity contribution in [3.8, 4) is 0 Å². The Morgan fingerprint density at radius 2 is 2.06 bits per heavy atom. The van der Waals surface area contributed by atoms with E-state index in [4.69, 9.17) is 0 Å². The highest BCUT2D eigenvalue weighted by Crippen LogP contribution is 2.58. The van der Waals surface area contributed by atoms with Gasteiger partial charge in [-0.05, 0) is 70.1 Å². The average Bonchev–Trinajstić information content (AvgIpc) is 2.49. The third kappa shape index (κ3) is 1.84. The zero-order valence-corrected chi connectivity index (χ0v) is 11.2. The van der Waals surface area contributed by atoms with Crippen LogP contribution in [-0.2, 0) is 0 Å². The molecule has 1 heteroatoms. The number of hydrogen-bond donors (Lipinski definition) is 1. The fourth-order valence-electron chi connectivity index (χ4n) is 4.15. The van der Waals surface area contributed by atoms with E-state index in [-0.39, 0.29) is 0 Å². The Hall–Kier alpha value is -0.300. The average molecular weight is 222 g/mol. The number of allylic oxidation sites excluding steroid dienone is 2. The van der Waals surface area contributed by atoms with Crippen molar-refractivity contribution in [3.63, 3.8) is 0 Å². The van der Waals surface area contributed by atoms with Gasteiger partial charge >= 0.3 is 0 Å². The Morgan fingerprint density at radius 3 is 2.56 bits per heavy atom. The van der Waals surface area contributed by atoms with Crippen LogP contribution in [-0.4, -0.2) is 10.7 Å². The van der Waals surface area contributed by atoms with Crippen molar-refractivity contribution in [1.82, 2.24) is 0 Å². The van der Waals surface area contributed by atoms with Crippen LogP contribution in [0.4, 0.5) is 0 Å². The Balaban J connectivity index is 2.29. The van der Waals surface area contributed by atoms with Crippen LogP contribution < -0.4 is 0 Å². The van der Waals surface area contributed by atoms with Gasteiger partial charge in [-0.1, -0.05) is 18.6 Å². The molecule has 1 fully saturated rings. The molecular formula is C15H26O. The van der Waals surface area contributed by atoms with Gasteiger partial charge in [-0.2, -0.15) is 0 Å². The fraction of sp³-hybridized carbons (Fsp3) is 0.867. The highest BCUT2D eigenvalue weighted by atomic mass is 16.3. The van der Waals surface area contributed by atoms with Crippen LogP contribution in [0.25, 0.3) is 0 Å². The molecule has 2 aliphatic rings. The van der Waals surface area contributed by atoms with E-state index in [0.29, 0.717) is 11.3 Å². The molecule has 0 amide bonds. The second-order valence-corrected chi connectivity index (χ2v) is 6.67. The van der Waals surface area contributed by atoms with Gasteiger partial charge in [-0.25, -0.2) is 0 Å². The predicted molar refractivity (Wildman–Crippen MR) is 68.2 cm³/mol. The van der Waals surface area contributed by atoms with Crippen LogP contribution in [0, 0.1) is 17.3 Å². The Bertz CT molecular complexity index is 297. The number of aliphatic hydroxyl groups is 1. The zero-order chi connectivity index (χ0) is 12.0. The van der Waals surface area contributed by atoms with E-state index in [9.17, 15) is 5.11 Å². The van der Waals surface area contributed by atoms with E-state index in [1.165, 1.54) is 32.1 Å². The molecule has 0 unspecified atom stereocenters. The van der Waals surface area contributed by atoms with E-state index in [0.717, 1.165) is 5.92 Å². The first kappa shape index (κ1) is 12.2. The maximum atomic E-state index is 10.4. The lowest BCUT2D eigenvalue weighted by Crippen LogP contribution is -2.43. The predicted octanol–water partition coefficient (Wildman–Crippen LogP) is 3.92. The summed E-state index contributed by atoms with van der Waals surface area (Å²) in [6.45, 7) is 8.64. The molecule has 0 heterocycles. The van der Waals surface area contributed by atoms with E-state index in [1.54, 1.807) is 5.57 Å².